The third-order valence-corrected chi connectivity index (χ3v) is 3.52. The molecule has 1 atom stereocenters. The summed E-state index contributed by atoms with van der Waals surface area (Å²) in [5.41, 5.74) is 2.43. The summed E-state index contributed by atoms with van der Waals surface area (Å²) < 4.78 is 5.40. The molecule has 1 heterocycles. The fourth-order valence-electron chi connectivity index (χ4n) is 2.35. The zero-order chi connectivity index (χ0) is 15.0. The molecule has 0 aliphatic carbocycles. The fraction of sp³-hybridized carbons (Fsp3) is 0.100. The van der Waals surface area contributed by atoms with Gasteiger partial charge in [-0.25, -0.2) is 0 Å². The van der Waals surface area contributed by atoms with E-state index >= 15 is 0 Å². The monoisotopic (exact) mass is 289 g/mol. The number of rotatable bonds is 6. The first-order valence-corrected chi connectivity index (χ1v) is 7.46. The fourth-order valence-corrected chi connectivity index (χ4v) is 2.35. The standard InChI is InChI=1S/C20H19NO/c1-3-8-17(9-4-1)13-14-20(18-10-5-2-6-11-18)21-16-19-12-7-15-22-19/h1-15,20-21H,16H2/b14-13+/t20-/m0/s1. The van der Waals surface area contributed by atoms with Crippen LogP contribution in [0.4, 0.5) is 0 Å². The van der Waals surface area contributed by atoms with Gasteiger partial charge in [0.15, 0.2) is 0 Å². The van der Waals surface area contributed by atoms with Crippen LogP contribution in [0.2, 0.25) is 0 Å². The van der Waals surface area contributed by atoms with Crippen LogP contribution in [-0.2, 0) is 6.54 Å². The number of nitrogens with one attached hydrogen (secondary N) is 1. The highest BCUT2D eigenvalue weighted by Crippen LogP contribution is 2.17. The van der Waals surface area contributed by atoms with Gasteiger partial charge in [-0.15, -0.1) is 0 Å². The van der Waals surface area contributed by atoms with Gasteiger partial charge in [-0.05, 0) is 23.3 Å². The zero-order valence-electron chi connectivity index (χ0n) is 12.4. The Bertz CT molecular complexity index is 687. The summed E-state index contributed by atoms with van der Waals surface area (Å²) in [6, 6.07) is 24.8. The van der Waals surface area contributed by atoms with Gasteiger partial charge in [0.25, 0.3) is 0 Å². The largest absolute Gasteiger partial charge is 0.468 e. The normalized spacial score (nSPS) is 12.5. The molecule has 0 radical (unpaired) electrons. The van der Waals surface area contributed by atoms with E-state index in [2.05, 4.69) is 53.9 Å². The minimum Gasteiger partial charge on any atom is -0.468 e. The van der Waals surface area contributed by atoms with Crippen LogP contribution in [0.5, 0.6) is 0 Å². The average molecular weight is 289 g/mol. The Morgan fingerprint density at radius 3 is 2.27 bits per heavy atom. The van der Waals surface area contributed by atoms with Gasteiger partial charge in [0.05, 0.1) is 18.8 Å². The van der Waals surface area contributed by atoms with Crippen LogP contribution in [0, 0.1) is 0 Å². The number of hydrogen-bond donors (Lipinski definition) is 1. The van der Waals surface area contributed by atoms with Crippen LogP contribution in [0.25, 0.3) is 6.08 Å². The van der Waals surface area contributed by atoms with E-state index in [1.165, 1.54) is 11.1 Å². The molecule has 0 saturated heterocycles. The van der Waals surface area contributed by atoms with Crippen LogP contribution in [0.15, 0.2) is 89.6 Å². The molecule has 1 aromatic heterocycles. The van der Waals surface area contributed by atoms with E-state index in [0.29, 0.717) is 6.54 Å². The predicted octanol–water partition coefficient (Wildman–Crippen LogP) is 4.82. The number of hydrogen-bond acceptors (Lipinski definition) is 2. The van der Waals surface area contributed by atoms with Gasteiger partial charge in [0, 0.05) is 0 Å². The Balaban J connectivity index is 1.75. The molecule has 0 saturated carbocycles. The summed E-state index contributed by atoms with van der Waals surface area (Å²) in [6.07, 6.45) is 6.04. The van der Waals surface area contributed by atoms with E-state index in [9.17, 15) is 0 Å². The summed E-state index contributed by atoms with van der Waals surface area (Å²) in [5, 5.41) is 3.53. The molecular weight excluding hydrogens is 270 g/mol. The maximum absolute atomic E-state index is 5.40. The van der Waals surface area contributed by atoms with E-state index in [1.807, 2.05) is 36.4 Å². The summed E-state index contributed by atoms with van der Waals surface area (Å²) in [5.74, 6) is 0.939. The second kappa shape index (κ2) is 7.43. The Morgan fingerprint density at radius 1 is 0.864 bits per heavy atom. The molecule has 0 spiro atoms. The van der Waals surface area contributed by atoms with Crippen molar-refractivity contribution in [3.05, 3.63) is 102 Å². The lowest BCUT2D eigenvalue weighted by Gasteiger charge is -2.15. The first kappa shape index (κ1) is 14.4. The lowest BCUT2D eigenvalue weighted by molar-refractivity contribution is 0.471. The van der Waals surface area contributed by atoms with Crippen molar-refractivity contribution in [1.82, 2.24) is 5.32 Å². The molecule has 0 fully saturated rings. The molecule has 3 aromatic rings. The van der Waals surface area contributed by atoms with Gasteiger partial charge in [0.1, 0.15) is 5.76 Å². The minimum absolute atomic E-state index is 0.145. The molecule has 1 N–H and O–H groups in total. The Hall–Kier alpha value is -2.58. The summed E-state index contributed by atoms with van der Waals surface area (Å²) in [7, 11) is 0. The molecule has 0 aliphatic rings. The lowest BCUT2D eigenvalue weighted by atomic mass is 10.0. The third-order valence-electron chi connectivity index (χ3n) is 3.52. The molecular formula is C20H19NO. The molecule has 0 bridgehead atoms. The van der Waals surface area contributed by atoms with E-state index in [0.717, 1.165) is 5.76 Å². The molecule has 0 unspecified atom stereocenters. The van der Waals surface area contributed by atoms with Crippen molar-refractivity contribution in [3.63, 3.8) is 0 Å². The van der Waals surface area contributed by atoms with Crippen LogP contribution < -0.4 is 5.32 Å². The van der Waals surface area contributed by atoms with Crippen LogP contribution in [0.3, 0.4) is 0 Å². The zero-order valence-corrected chi connectivity index (χ0v) is 12.4. The van der Waals surface area contributed by atoms with Crippen LogP contribution >= 0.6 is 0 Å². The SMILES string of the molecule is C(=C\[C@H](NCc1ccco1)c1ccccc1)/c1ccccc1. The van der Waals surface area contributed by atoms with Gasteiger partial charge in [-0.1, -0.05) is 72.8 Å². The molecule has 0 amide bonds. The van der Waals surface area contributed by atoms with Crippen molar-refractivity contribution in [1.29, 1.82) is 0 Å². The third kappa shape index (κ3) is 3.96. The van der Waals surface area contributed by atoms with E-state index in [-0.39, 0.29) is 6.04 Å². The topological polar surface area (TPSA) is 25.2 Å². The van der Waals surface area contributed by atoms with Crippen molar-refractivity contribution < 1.29 is 4.42 Å². The molecule has 0 aliphatic heterocycles. The second-order valence-electron chi connectivity index (χ2n) is 5.12. The number of furan rings is 1. The molecule has 2 aromatic carbocycles. The first-order chi connectivity index (χ1) is 10.9. The highest BCUT2D eigenvalue weighted by molar-refractivity contribution is 5.50. The van der Waals surface area contributed by atoms with Crippen molar-refractivity contribution in [2.24, 2.45) is 0 Å². The van der Waals surface area contributed by atoms with Crippen molar-refractivity contribution in [2.45, 2.75) is 12.6 Å². The smallest absolute Gasteiger partial charge is 0.117 e. The molecule has 2 nitrogen and oxygen atoms in total. The Labute approximate surface area is 131 Å². The highest BCUT2D eigenvalue weighted by atomic mass is 16.3. The summed E-state index contributed by atoms with van der Waals surface area (Å²) in [4.78, 5) is 0. The Kier molecular flexibility index (Phi) is 4.85. The van der Waals surface area contributed by atoms with Crippen molar-refractivity contribution in [3.8, 4) is 0 Å². The van der Waals surface area contributed by atoms with Gasteiger partial charge in [-0.2, -0.15) is 0 Å². The molecule has 3 rings (SSSR count). The maximum Gasteiger partial charge on any atom is 0.117 e. The number of benzene rings is 2. The summed E-state index contributed by atoms with van der Waals surface area (Å²) >= 11 is 0. The molecule has 110 valence electrons. The van der Waals surface area contributed by atoms with Crippen molar-refractivity contribution in [2.75, 3.05) is 0 Å². The predicted molar refractivity (Wildman–Crippen MR) is 90.2 cm³/mol. The van der Waals surface area contributed by atoms with E-state index in [4.69, 9.17) is 4.42 Å². The summed E-state index contributed by atoms with van der Waals surface area (Å²) in [6.45, 7) is 0.700. The minimum atomic E-state index is 0.145. The first-order valence-electron chi connectivity index (χ1n) is 7.46. The van der Waals surface area contributed by atoms with Crippen LogP contribution in [0.1, 0.15) is 22.9 Å². The van der Waals surface area contributed by atoms with Gasteiger partial charge in [0.2, 0.25) is 0 Å². The van der Waals surface area contributed by atoms with Crippen molar-refractivity contribution >= 4 is 6.08 Å². The Morgan fingerprint density at radius 2 is 1.59 bits per heavy atom. The average Bonchev–Trinajstić information content (AvgIpc) is 3.10. The van der Waals surface area contributed by atoms with E-state index in [1.54, 1.807) is 6.26 Å². The van der Waals surface area contributed by atoms with Crippen LogP contribution in [-0.4, -0.2) is 0 Å². The van der Waals surface area contributed by atoms with Gasteiger partial charge < -0.3 is 4.42 Å². The quantitative estimate of drug-likeness (QED) is 0.703. The molecule has 2 heteroatoms. The molecule has 22 heavy (non-hydrogen) atoms. The highest BCUT2D eigenvalue weighted by Gasteiger charge is 2.07. The van der Waals surface area contributed by atoms with E-state index < -0.39 is 0 Å². The lowest BCUT2D eigenvalue weighted by Crippen LogP contribution is -2.18. The second-order valence-corrected chi connectivity index (χ2v) is 5.12. The van der Waals surface area contributed by atoms with Gasteiger partial charge in [-0.3, -0.25) is 5.32 Å². The van der Waals surface area contributed by atoms with Gasteiger partial charge >= 0.3 is 0 Å². The maximum atomic E-state index is 5.40.